The number of nitrogens with zero attached hydrogens (tertiary/aromatic N) is 5. The predicted molar refractivity (Wildman–Crippen MR) is 105 cm³/mol. The molecule has 2 aliphatic rings. The fourth-order valence-corrected chi connectivity index (χ4v) is 5.65. The Labute approximate surface area is 165 Å². The van der Waals surface area contributed by atoms with Crippen molar-refractivity contribution in [3.8, 4) is 11.5 Å². The average Bonchev–Trinajstić information content (AvgIpc) is 3.23. The van der Waals surface area contributed by atoms with Gasteiger partial charge in [-0.1, -0.05) is 20.8 Å². The van der Waals surface area contributed by atoms with E-state index < -0.39 is 11.3 Å². The van der Waals surface area contributed by atoms with Crippen molar-refractivity contribution in [2.45, 2.75) is 65.3 Å². The van der Waals surface area contributed by atoms with Crippen LogP contribution in [0.1, 0.15) is 64.8 Å². The van der Waals surface area contributed by atoms with Gasteiger partial charge in [0.15, 0.2) is 5.82 Å². The summed E-state index contributed by atoms with van der Waals surface area (Å²) in [7, 11) is 1.93. The summed E-state index contributed by atoms with van der Waals surface area (Å²) >= 11 is 0. The number of aromatic nitrogens is 5. The Morgan fingerprint density at radius 2 is 1.96 bits per heavy atom. The van der Waals surface area contributed by atoms with Crippen LogP contribution in [0.5, 0.6) is 0 Å². The zero-order valence-corrected chi connectivity index (χ0v) is 17.6. The van der Waals surface area contributed by atoms with Gasteiger partial charge in [-0.2, -0.15) is 5.10 Å². The lowest BCUT2D eigenvalue weighted by Gasteiger charge is -2.53. The molecule has 0 aliphatic heterocycles. The van der Waals surface area contributed by atoms with Gasteiger partial charge in [-0.15, -0.1) is 5.10 Å². The Morgan fingerprint density at radius 3 is 2.57 bits per heavy atom. The van der Waals surface area contributed by atoms with E-state index in [0.29, 0.717) is 12.2 Å². The van der Waals surface area contributed by atoms with E-state index >= 15 is 0 Å². The zero-order valence-electron chi connectivity index (χ0n) is 17.6. The molecule has 2 heterocycles. The Bertz CT molecular complexity index is 954. The number of carbonyl (C=O) groups excluding carboxylic acids is 2. The molecular weight excluding hydrogens is 354 g/mol. The van der Waals surface area contributed by atoms with Crippen LogP contribution in [0.3, 0.4) is 0 Å². The van der Waals surface area contributed by atoms with Crippen molar-refractivity contribution in [2.24, 2.45) is 24.3 Å². The monoisotopic (exact) mass is 383 g/mol. The molecule has 150 valence electrons. The second-order valence-corrected chi connectivity index (χ2v) is 9.48. The van der Waals surface area contributed by atoms with Crippen LogP contribution in [0.4, 0.5) is 0 Å². The summed E-state index contributed by atoms with van der Waals surface area (Å²) < 4.78 is 3.73. The lowest BCUT2D eigenvalue weighted by Crippen LogP contribution is -2.56. The maximum absolute atomic E-state index is 12.9. The van der Waals surface area contributed by atoms with Gasteiger partial charge in [0.1, 0.15) is 24.1 Å². The topological polar surface area (TPSA) is 82.7 Å². The van der Waals surface area contributed by atoms with Crippen LogP contribution >= 0.6 is 0 Å². The highest BCUT2D eigenvalue weighted by atomic mass is 16.1. The smallest absolute Gasteiger partial charge is 0.199 e. The summed E-state index contributed by atoms with van der Waals surface area (Å²) in [5.74, 6) is 0.359. The molecule has 2 aromatic rings. The number of aldehydes is 1. The molecule has 0 bridgehead atoms. The van der Waals surface area contributed by atoms with Crippen molar-refractivity contribution >= 4 is 12.1 Å². The molecule has 2 aromatic heterocycles. The zero-order chi connectivity index (χ0) is 20.4. The maximum Gasteiger partial charge on any atom is 0.199 e. The standard InChI is InChI=1S/C21H29N5O2/c1-12(2)26-11-22-19(24-26)16-14-7-8-15-20(3,4)18(28)13(10-27)9-21(15,5)17(14)23-25(16)6/h10-13,15H,7-9H2,1-6H3/t13?,15-,21-/m0/s1. The van der Waals surface area contributed by atoms with E-state index in [1.54, 1.807) is 6.33 Å². The fourth-order valence-electron chi connectivity index (χ4n) is 5.65. The molecule has 0 spiro atoms. The Balaban J connectivity index is 1.85. The molecule has 7 heteroatoms. The van der Waals surface area contributed by atoms with Crippen molar-refractivity contribution in [1.29, 1.82) is 0 Å². The summed E-state index contributed by atoms with van der Waals surface area (Å²) in [6, 6.07) is 0.241. The van der Waals surface area contributed by atoms with Gasteiger partial charge in [0.2, 0.25) is 0 Å². The third-order valence-electron chi connectivity index (χ3n) is 7.04. The van der Waals surface area contributed by atoms with Crippen molar-refractivity contribution in [2.75, 3.05) is 0 Å². The Morgan fingerprint density at radius 1 is 1.25 bits per heavy atom. The van der Waals surface area contributed by atoms with Gasteiger partial charge in [0, 0.05) is 29.5 Å². The third kappa shape index (κ3) is 2.44. The first-order valence-electron chi connectivity index (χ1n) is 10.1. The summed E-state index contributed by atoms with van der Waals surface area (Å²) in [4.78, 5) is 29.1. The van der Waals surface area contributed by atoms with E-state index in [9.17, 15) is 9.59 Å². The largest absolute Gasteiger partial charge is 0.303 e. The maximum atomic E-state index is 12.9. The molecule has 2 aliphatic carbocycles. The summed E-state index contributed by atoms with van der Waals surface area (Å²) in [5.41, 5.74) is 2.28. The average molecular weight is 383 g/mol. The number of ketones is 1. The highest BCUT2D eigenvalue weighted by Crippen LogP contribution is 2.57. The van der Waals surface area contributed by atoms with Gasteiger partial charge in [0.25, 0.3) is 0 Å². The third-order valence-corrected chi connectivity index (χ3v) is 7.04. The van der Waals surface area contributed by atoms with Gasteiger partial charge in [-0.3, -0.25) is 9.48 Å². The van der Waals surface area contributed by atoms with E-state index in [1.165, 1.54) is 0 Å². The molecule has 1 unspecified atom stereocenters. The Kier molecular flexibility index (Phi) is 4.14. The van der Waals surface area contributed by atoms with Crippen LogP contribution in [-0.2, 0) is 28.5 Å². The first-order chi connectivity index (χ1) is 13.1. The normalized spacial score (nSPS) is 28.9. The molecule has 0 amide bonds. The summed E-state index contributed by atoms with van der Waals surface area (Å²) in [6.45, 7) is 10.3. The molecular formula is C21H29N5O2. The van der Waals surface area contributed by atoms with Gasteiger partial charge >= 0.3 is 0 Å². The fraction of sp³-hybridized carbons (Fsp3) is 0.667. The quantitative estimate of drug-likeness (QED) is 0.601. The number of carbonyl (C=O) groups is 2. The second-order valence-electron chi connectivity index (χ2n) is 9.48. The minimum absolute atomic E-state index is 0.0712. The van der Waals surface area contributed by atoms with E-state index in [1.807, 2.05) is 30.3 Å². The molecule has 7 nitrogen and oxygen atoms in total. The number of hydrogen-bond acceptors (Lipinski definition) is 5. The van der Waals surface area contributed by atoms with Crippen molar-refractivity contribution in [3.63, 3.8) is 0 Å². The predicted octanol–water partition coefficient (Wildman–Crippen LogP) is 2.89. The van der Waals surface area contributed by atoms with E-state index in [0.717, 1.165) is 36.1 Å². The van der Waals surface area contributed by atoms with E-state index in [4.69, 9.17) is 5.10 Å². The van der Waals surface area contributed by atoms with Crippen LogP contribution in [-0.4, -0.2) is 36.6 Å². The number of aryl methyl sites for hydroxylation is 1. The molecule has 1 fully saturated rings. The van der Waals surface area contributed by atoms with Crippen LogP contribution in [0.25, 0.3) is 11.5 Å². The number of Topliss-reactive ketones (excluding diaryl/α,β-unsaturated/α-hetero) is 1. The molecule has 4 rings (SSSR count). The minimum atomic E-state index is -0.564. The lowest BCUT2D eigenvalue weighted by atomic mass is 9.49. The first kappa shape index (κ1) is 19.0. The molecule has 0 saturated heterocycles. The summed E-state index contributed by atoms with van der Waals surface area (Å²) in [5, 5.41) is 9.55. The van der Waals surface area contributed by atoms with Crippen molar-refractivity contribution in [3.05, 3.63) is 17.6 Å². The Hall–Kier alpha value is -2.31. The van der Waals surface area contributed by atoms with Crippen LogP contribution in [0.2, 0.25) is 0 Å². The molecule has 0 aromatic carbocycles. The molecule has 1 saturated carbocycles. The van der Waals surface area contributed by atoms with Gasteiger partial charge in [0.05, 0.1) is 11.6 Å². The van der Waals surface area contributed by atoms with Crippen LogP contribution in [0, 0.1) is 17.3 Å². The van der Waals surface area contributed by atoms with E-state index in [2.05, 4.69) is 30.9 Å². The molecule has 3 atom stereocenters. The van der Waals surface area contributed by atoms with E-state index in [-0.39, 0.29) is 23.2 Å². The molecule has 28 heavy (non-hydrogen) atoms. The number of rotatable bonds is 3. The summed E-state index contributed by atoms with van der Waals surface area (Å²) in [6.07, 6.45) is 4.86. The highest BCUT2D eigenvalue weighted by molar-refractivity contribution is 5.98. The lowest BCUT2D eigenvalue weighted by molar-refractivity contribution is -0.145. The number of hydrogen-bond donors (Lipinski definition) is 0. The second kappa shape index (κ2) is 6.09. The van der Waals surface area contributed by atoms with Gasteiger partial charge in [-0.25, -0.2) is 9.67 Å². The van der Waals surface area contributed by atoms with Crippen LogP contribution in [0.15, 0.2) is 6.33 Å². The van der Waals surface area contributed by atoms with Gasteiger partial charge < -0.3 is 4.79 Å². The molecule has 0 radical (unpaired) electrons. The SMILES string of the molecule is CC(C)n1cnc(-c2c3c(nn2C)[C@@]2(C)CC(C=O)C(=O)C(C)(C)[C@@H]2CC3)n1. The highest BCUT2D eigenvalue weighted by Gasteiger charge is 2.58. The number of fused-ring (bicyclic) bond motifs is 3. The minimum Gasteiger partial charge on any atom is -0.303 e. The van der Waals surface area contributed by atoms with Crippen LogP contribution < -0.4 is 0 Å². The first-order valence-corrected chi connectivity index (χ1v) is 10.1. The van der Waals surface area contributed by atoms with Gasteiger partial charge in [-0.05, 0) is 39.0 Å². The molecule has 0 N–H and O–H groups in total. The van der Waals surface area contributed by atoms with Crippen molar-refractivity contribution in [1.82, 2.24) is 24.5 Å². The van der Waals surface area contributed by atoms with Crippen molar-refractivity contribution < 1.29 is 9.59 Å².